The van der Waals surface area contributed by atoms with Gasteiger partial charge in [0.1, 0.15) is 0 Å². The van der Waals surface area contributed by atoms with E-state index >= 15 is 0 Å². The minimum atomic E-state index is -5.14. The number of rotatable bonds is 14. The van der Waals surface area contributed by atoms with Crippen LogP contribution in [0, 0.1) is 41.5 Å². The number of carbonyl (C=O) groups is 2. The molecule has 0 saturated heterocycles. The maximum absolute atomic E-state index is 14.3. The first-order valence-corrected chi connectivity index (χ1v) is 22.6. The van der Waals surface area contributed by atoms with Crippen molar-refractivity contribution >= 4 is 74.8 Å². The van der Waals surface area contributed by atoms with Crippen molar-refractivity contribution in [2.24, 2.45) is 0 Å². The number of hydrogen-bond donors (Lipinski definition) is 2. The van der Waals surface area contributed by atoms with Gasteiger partial charge in [-0.05, 0) is 87.1 Å². The van der Waals surface area contributed by atoms with Gasteiger partial charge in [-0.1, -0.05) is 36.4 Å². The van der Waals surface area contributed by atoms with Gasteiger partial charge in [0.2, 0.25) is 20.8 Å². The van der Waals surface area contributed by atoms with Gasteiger partial charge in [0.15, 0.2) is 31.2 Å². The Morgan fingerprint density at radius 3 is 1.17 bits per heavy atom. The zero-order chi connectivity index (χ0) is 41.7. The molecule has 0 atom stereocenters. The van der Waals surface area contributed by atoms with E-state index in [9.17, 15) is 52.4 Å². The van der Waals surface area contributed by atoms with Crippen LogP contribution in [0.3, 0.4) is 0 Å². The fourth-order valence-electron chi connectivity index (χ4n) is 7.07. The molecule has 5 rings (SSSR count). The van der Waals surface area contributed by atoms with Crippen LogP contribution in [0.2, 0.25) is 0 Å². The standard InChI is InChI=1S/C36H38N2O14S4.2Na/c1-19-17-21(3)35(53(41,42)15-13-51-55(45,46)47)23(5)31(19)37-27-11-12-28(30-29(27)33(39)25-9-7-8-10-26(25)34(30)40)38-32-20(2)18-22(4)36(24(32)6)54(43,44)16-14-52-56(48,49)50;;/h7-12,17-18,37-38H,13-16H2,1-6H3,(H,45,46,47)(H,48,49,50);;/q;2*+1/p-2. The summed E-state index contributed by atoms with van der Waals surface area (Å²) in [5.41, 5.74) is 3.05. The quantitative estimate of drug-likeness (QED) is 0.0716. The molecule has 0 radical (unpaired) electrons. The summed E-state index contributed by atoms with van der Waals surface area (Å²) >= 11 is 0. The molecule has 16 nitrogen and oxygen atoms in total. The molecule has 0 unspecified atom stereocenters. The van der Waals surface area contributed by atoms with Crippen LogP contribution in [0.15, 0.2) is 58.3 Å². The first kappa shape index (κ1) is 49.8. The summed E-state index contributed by atoms with van der Waals surface area (Å²) in [7, 11) is -18.7. The fourth-order valence-corrected chi connectivity index (χ4v) is 11.1. The van der Waals surface area contributed by atoms with Gasteiger partial charge in [-0.25, -0.2) is 33.7 Å². The molecule has 4 aromatic rings. The van der Waals surface area contributed by atoms with Crippen molar-refractivity contribution in [2.75, 3.05) is 35.4 Å². The van der Waals surface area contributed by atoms with Crippen molar-refractivity contribution in [3.63, 3.8) is 0 Å². The molecule has 1 aliphatic carbocycles. The molecule has 0 spiro atoms. The Labute approximate surface area is 381 Å². The van der Waals surface area contributed by atoms with Crippen molar-refractivity contribution in [3.05, 3.63) is 104 Å². The summed E-state index contributed by atoms with van der Waals surface area (Å²) in [6.45, 7) is 7.66. The number of nitrogens with one attached hydrogen (secondary N) is 2. The largest absolute Gasteiger partial charge is 1.00 e. The predicted molar refractivity (Wildman–Crippen MR) is 203 cm³/mol. The Bertz CT molecular complexity index is 2600. The second-order valence-electron chi connectivity index (χ2n) is 13.1. The zero-order valence-corrected chi connectivity index (χ0v) is 40.1. The average molecular weight is 895 g/mol. The fraction of sp³-hybridized carbons (Fsp3) is 0.278. The van der Waals surface area contributed by atoms with Crippen molar-refractivity contribution in [1.29, 1.82) is 0 Å². The topological polar surface area (TPSA) is 259 Å². The normalized spacial score (nSPS) is 12.9. The Balaban J connectivity index is 0.00000450. The Morgan fingerprint density at radius 2 is 0.862 bits per heavy atom. The number of fused-ring (bicyclic) bond motifs is 2. The van der Waals surface area contributed by atoms with Gasteiger partial charge in [0.05, 0.1) is 57.0 Å². The molecular formula is C36H36N2Na2O14S4. The zero-order valence-electron chi connectivity index (χ0n) is 32.8. The molecule has 0 amide bonds. The minimum Gasteiger partial charge on any atom is -0.726 e. The van der Waals surface area contributed by atoms with Crippen molar-refractivity contribution in [2.45, 2.75) is 51.3 Å². The Kier molecular flexibility index (Phi) is 16.0. The molecule has 0 fully saturated rings. The van der Waals surface area contributed by atoms with Gasteiger partial charge < -0.3 is 19.7 Å². The van der Waals surface area contributed by atoms with Gasteiger partial charge in [-0.2, -0.15) is 0 Å². The third-order valence-corrected chi connectivity index (χ3v) is 14.0. The summed E-state index contributed by atoms with van der Waals surface area (Å²) in [6, 6.07) is 12.3. The number of hydrogen-bond acceptors (Lipinski definition) is 16. The van der Waals surface area contributed by atoms with Gasteiger partial charge in [0.25, 0.3) is 0 Å². The third kappa shape index (κ3) is 10.7. The van der Waals surface area contributed by atoms with Gasteiger partial charge >= 0.3 is 59.1 Å². The summed E-state index contributed by atoms with van der Waals surface area (Å²) < 4.78 is 128. The second-order valence-corrected chi connectivity index (χ2v) is 19.3. The molecule has 1 aliphatic rings. The van der Waals surface area contributed by atoms with Crippen LogP contribution in [0.25, 0.3) is 0 Å². The molecule has 300 valence electrons. The molecular weight excluding hydrogens is 859 g/mol. The molecule has 0 aromatic heterocycles. The monoisotopic (exact) mass is 894 g/mol. The van der Waals surface area contributed by atoms with Crippen LogP contribution in [-0.4, -0.2) is 79.1 Å². The van der Waals surface area contributed by atoms with E-state index in [0.717, 1.165) is 0 Å². The smallest absolute Gasteiger partial charge is 0.726 e. The second kappa shape index (κ2) is 18.6. The van der Waals surface area contributed by atoms with Crippen LogP contribution >= 0.6 is 0 Å². The Morgan fingerprint density at radius 1 is 0.534 bits per heavy atom. The summed E-state index contributed by atoms with van der Waals surface area (Å²) in [6.07, 6.45) is 0. The third-order valence-electron chi connectivity index (χ3n) is 9.18. The van der Waals surface area contributed by atoms with E-state index < -0.39 is 76.8 Å². The SMILES string of the molecule is Cc1cc(C)c(S(=O)(=O)CCOS(=O)(=O)[O-])c(C)c1Nc1ccc(Nc2c(C)cc(C)c(S(=O)(=O)CCOS(=O)(=O)[O-])c2C)c2c1C(=O)c1ccccc1C2=O.[Na+].[Na+]. The molecule has 0 bridgehead atoms. The average Bonchev–Trinajstić information content (AvgIpc) is 3.05. The van der Waals surface area contributed by atoms with E-state index in [4.69, 9.17) is 0 Å². The van der Waals surface area contributed by atoms with Crippen LogP contribution in [0.5, 0.6) is 0 Å². The van der Waals surface area contributed by atoms with E-state index in [1.54, 1.807) is 52.0 Å². The maximum Gasteiger partial charge on any atom is 1.00 e. The van der Waals surface area contributed by atoms with E-state index in [2.05, 4.69) is 19.0 Å². The van der Waals surface area contributed by atoms with Crippen molar-refractivity contribution < 1.29 is 120 Å². The number of aryl methyl sites for hydroxylation is 4. The molecule has 4 aromatic carbocycles. The molecule has 58 heavy (non-hydrogen) atoms. The minimum absolute atomic E-state index is 0. The van der Waals surface area contributed by atoms with E-state index in [1.165, 1.54) is 38.1 Å². The first-order chi connectivity index (χ1) is 25.8. The molecule has 2 N–H and O–H groups in total. The van der Waals surface area contributed by atoms with Crippen LogP contribution in [0.4, 0.5) is 22.7 Å². The Hall–Kier alpha value is -2.54. The van der Waals surface area contributed by atoms with E-state index in [1.807, 2.05) is 0 Å². The predicted octanol–water partition coefficient (Wildman–Crippen LogP) is -1.69. The summed E-state index contributed by atoms with van der Waals surface area (Å²) in [5, 5.41) is 6.30. The van der Waals surface area contributed by atoms with Gasteiger partial charge in [-0.15, -0.1) is 0 Å². The number of ketones is 2. The first-order valence-electron chi connectivity index (χ1n) is 16.6. The summed E-state index contributed by atoms with van der Waals surface area (Å²) in [4.78, 5) is 28.3. The number of anilines is 4. The van der Waals surface area contributed by atoms with E-state index in [-0.39, 0.29) is 125 Å². The van der Waals surface area contributed by atoms with Crippen LogP contribution < -0.4 is 69.7 Å². The van der Waals surface area contributed by atoms with E-state index in [0.29, 0.717) is 22.3 Å². The number of carbonyl (C=O) groups excluding carboxylic acids is 2. The maximum atomic E-state index is 14.3. The molecule has 0 aliphatic heterocycles. The molecule has 0 heterocycles. The van der Waals surface area contributed by atoms with Crippen LogP contribution in [0.1, 0.15) is 65.2 Å². The number of sulfone groups is 2. The molecule has 0 saturated carbocycles. The molecule has 22 heteroatoms. The van der Waals surface area contributed by atoms with Crippen molar-refractivity contribution in [3.8, 4) is 0 Å². The number of benzene rings is 4. The van der Waals surface area contributed by atoms with Crippen molar-refractivity contribution in [1.82, 2.24) is 0 Å². The summed E-state index contributed by atoms with van der Waals surface area (Å²) in [5.74, 6) is -2.73. The van der Waals surface area contributed by atoms with Crippen LogP contribution in [-0.2, 0) is 48.8 Å². The van der Waals surface area contributed by atoms with Gasteiger partial charge in [-0.3, -0.25) is 18.0 Å². The van der Waals surface area contributed by atoms with Gasteiger partial charge in [0, 0.05) is 22.5 Å².